The van der Waals surface area contributed by atoms with Crippen molar-refractivity contribution in [2.24, 2.45) is 17.8 Å². The highest BCUT2D eigenvalue weighted by Crippen LogP contribution is 2.45. The zero-order chi connectivity index (χ0) is 75.8. The van der Waals surface area contributed by atoms with Crippen molar-refractivity contribution in [3.05, 3.63) is 0 Å². The molecule has 0 saturated carbocycles. The van der Waals surface area contributed by atoms with Crippen molar-refractivity contribution in [3.63, 3.8) is 0 Å². The molecule has 4 unspecified atom stereocenters. The molecule has 19 heteroatoms. The van der Waals surface area contributed by atoms with Crippen LogP contribution in [0.2, 0.25) is 0 Å². The van der Waals surface area contributed by atoms with E-state index in [2.05, 4.69) is 48.5 Å². The van der Waals surface area contributed by atoms with E-state index in [0.29, 0.717) is 25.7 Å². The Balaban J connectivity index is 5.20. The van der Waals surface area contributed by atoms with Gasteiger partial charge in [0, 0.05) is 25.7 Å². The molecule has 0 aromatic heterocycles. The maximum Gasteiger partial charge on any atom is 0.472 e. The Kier molecular flexibility index (Phi) is 72.8. The quantitative estimate of drug-likeness (QED) is 0.0222. The van der Waals surface area contributed by atoms with E-state index in [-0.39, 0.29) is 25.7 Å². The van der Waals surface area contributed by atoms with Crippen LogP contribution in [0.3, 0.4) is 0 Å². The number of rotatable bonds is 82. The SMILES string of the molecule is CCCCCCCCCCC(=O)OC[C@H](COP(=O)(O)OC[C@H](O)COP(=O)(O)OC[C@@H](COC(=O)CCCCCCCCCCCCCCCCC(C)CC)OC(=O)CCCCCCCCCCCCCCCCCCC(C)C)OC(=O)CCCCCCCCCCCCCCCCC(C)CC. The smallest absolute Gasteiger partial charge is 0.462 e. The summed E-state index contributed by atoms with van der Waals surface area (Å²) in [6.07, 6.45) is 63.7. The summed E-state index contributed by atoms with van der Waals surface area (Å²) in [6.45, 7) is 12.1. The number of ether oxygens (including phenoxy) is 4. The standard InChI is InChI=1S/C84H164O17P2/c1-8-11-12-13-14-44-51-58-65-81(86)94-71-79(100-83(88)68-61-54-47-40-34-28-22-20-25-31-37-43-50-57-64-77(7)10-3)73-98-102(90,91)96-69-78(85)70-97-103(92,93)99-74-80(72-95-82(87)66-59-52-45-38-32-26-21-19-24-30-36-42-49-56-63-76(6)9-2)101-84(89)67-60-53-46-39-33-27-18-16-15-17-23-29-35-41-48-55-62-75(4)5/h75-80,85H,8-74H2,1-7H3,(H,90,91)(H,92,93)/t76?,77?,78-,79+,80+/m0/s1. The van der Waals surface area contributed by atoms with Gasteiger partial charge >= 0.3 is 39.5 Å². The summed E-state index contributed by atoms with van der Waals surface area (Å²) in [7, 11) is -9.92. The molecule has 0 heterocycles. The van der Waals surface area contributed by atoms with Crippen LogP contribution in [0, 0.1) is 17.8 Å². The predicted molar refractivity (Wildman–Crippen MR) is 423 cm³/mol. The molecule has 0 saturated heterocycles. The van der Waals surface area contributed by atoms with Crippen LogP contribution in [0.5, 0.6) is 0 Å². The van der Waals surface area contributed by atoms with Gasteiger partial charge in [-0.25, -0.2) is 9.13 Å². The number of hydrogen-bond acceptors (Lipinski definition) is 15. The fourth-order valence-electron chi connectivity index (χ4n) is 13.0. The van der Waals surface area contributed by atoms with Crippen molar-refractivity contribution < 1.29 is 80.2 Å². The fraction of sp³-hybridized carbons (Fsp3) is 0.952. The number of phosphoric acid groups is 2. The van der Waals surface area contributed by atoms with Gasteiger partial charge in [0.1, 0.15) is 19.3 Å². The van der Waals surface area contributed by atoms with Crippen molar-refractivity contribution in [1.29, 1.82) is 0 Å². The third-order valence-corrected chi connectivity index (χ3v) is 22.3. The van der Waals surface area contributed by atoms with Crippen LogP contribution in [-0.4, -0.2) is 96.7 Å². The molecule has 0 aliphatic heterocycles. The van der Waals surface area contributed by atoms with Gasteiger partial charge < -0.3 is 33.8 Å². The highest BCUT2D eigenvalue weighted by molar-refractivity contribution is 7.47. The van der Waals surface area contributed by atoms with Gasteiger partial charge in [-0.3, -0.25) is 37.3 Å². The summed E-state index contributed by atoms with van der Waals surface area (Å²) in [6, 6.07) is 0. The first-order valence-corrected chi connectivity index (χ1v) is 46.4. The summed E-state index contributed by atoms with van der Waals surface area (Å²) in [5, 5.41) is 10.7. The molecule has 612 valence electrons. The Labute approximate surface area is 632 Å². The van der Waals surface area contributed by atoms with Crippen LogP contribution in [0.1, 0.15) is 440 Å². The molecule has 0 radical (unpaired) electrons. The molecule has 0 fully saturated rings. The van der Waals surface area contributed by atoms with Crippen LogP contribution >= 0.6 is 15.6 Å². The van der Waals surface area contributed by atoms with Crippen LogP contribution in [0.4, 0.5) is 0 Å². The molecule has 0 amide bonds. The van der Waals surface area contributed by atoms with E-state index < -0.39 is 97.5 Å². The highest BCUT2D eigenvalue weighted by atomic mass is 31.2. The molecule has 0 rings (SSSR count). The summed E-state index contributed by atoms with van der Waals surface area (Å²) in [5.74, 6) is 0.397. The molecule has 0 spiro atoms. The average molecular weight is 1510 g/mol. The number of aliphatic hydroxyl groups excluding tert-OH is 1. The van der Waals surface area contributed by atoms with E-state index in [1.165, 1.54) is 244 Å². The van der Waals surface area contributed by atoms with Crippen molar-refractivity contribution in [1.82, 2.24) is 0 Å². The maximum atomic E-state index is 13.1. The normalized spacial score (nSPS) is 14.4. The lowest BCUT2D eigenvalue weighted by Crippen LogP contribution is -2.30. The van der Waals surface area contributed by atoms with Crippen LogP contribution < -0.4 is 0 Å². The van der Waals surface area contributed by atoms with Crippen molar-refractivity contribution >= 4 is 39.5 Å². The number of carbonyl (C=O) groups excluding carboxylic acids is 4. The number of unbranched alkanes of at least 4 members (excludes halogenated alkanes) is 48. The second kappa shape index (κ2) is 74.2. The summed E-state index contributed by atoms with van der Waals surface area (Å²) < 4.78 is 68.8. The molecular weight excluding hydrogens is 1340 g/mol. The summed E-state index contributed by atoms with van der Waals surface area (Å²) >= 11 is 0. The first kappa shape index (κ1) is 101. The van der Waals surface area contributed by atoms with Crippen LogP contribution in [0.25, 0.3) is 0 Å². The Morgan fingerprint density at radius 3 is 0.738 bits per heavy atom. The zero-order valence-electron chi connectivity index (χ0n) is 67.8. The maximum absolute atomic E-state index is 13.1. The number of esters is 4. The lowest BCUT2D eigenvalue weighted by molar-refractivity contribution is -0.161. The third-order valence-electron chi connectivity index (χ3n) is 20.4. The molecule has 0 aromatic rings. The topological polar surface area (TPSA) is 237 Å². The Hall–Kier alpha value is -1.94. The van der Waals surface area contributed by atoms with Crippen molar-refractivity contribution in [2.75, 3.05) is 39.6 Å². The van der Waals surface area contributed by atoms with Gasteiger partial charge in [-0.1, -0.05) is 389 Å². The van der Waals surface area contributed by atoms with Crippen LogP contribution in [-0.2, 0) is 65.4 Å². The Morgan fingerprint density at radius 1 is 0.282 bits per heavy atom. The minimum atomic E-state index is -4.96. The Bertz CT molecular complexity index is 2000. The number of phosphoric ester groups is 2. The minimum Gasteiger partial charge on any atom is -0.462 e. The summed E-state index contributed by atoms with van der Waals surface area (Å²) in [4.78, 5) is 73.1. The molecule has 0 aromatic carbocycles. The second-order valence-corrected chi connectivity index (χ2v) is 34.1. The van der Waals surface area contributed by atoms with Gasteiger partial charge in [0.05, 0.1) is 26.4 Å². The molecule has 17 nitrogen and oxygen atoms in total. The van der Waals surface area contributed by atoms with Crippen LogP contribution in [0.15, 0.2) is 0 Å². The first-order chi connectivity index (χ1) is 49.8. The van der Waals surface area contributed by atoms with Gasteiger partial charge in [-0.05, 0) is 43.4 Å². The van der Waals surface area contributed by atoms with Gasteiger partial charge in [0.25, 0.3) is 0 Å². The van der Waals surface area contributed by atoms with Gasteiger partial charge in [0.2, 0.25) is 0 Å². The summed E-state index contributed by atoms with van der Waals surface area (Å²) in [5.41, 5.74) is 0. The van der Waals surface area contributed by atoms with Gasteiger partial charge in [-0.2, -0.15) is 0 Å². The first-order valence-electron chi connectivity index (χ1n) is 43.4. The zero-order valence-corrected chi connectivity index (χ0v) is 69.6. The largest absolute Gasteiger partial charge is 0.472 e. The van der Waals surface area contributed by atoms with E-state index in [4.69, 9.17) is 37.0 Å². The molecule has 0 bridgehead atoms. The van der Waals surface area contributed by atoms with E-state index in [1.807, 2.05) is 0 Å². The van der Waals surface area contributed by atoms with Crippen molar-refractivity contribution in [2.45, 2.75) is 458 Å². The number of carbonyl (C=O) groups is 4. The van der Waals surface area contributed by atoms with E-state index in [9.17, 15) is 43.2 Å². The van der Waals surface area contributed by atoms with E-state index >= 15 is 0 Å². The van der Waals surface area contributed by atoms with Gasteiger partial charge in [-0.15, -0.1) is 0 Å². The lowest BCUT2D eigenvalue weighted by atomic mass is 9.99. The Morgan fingerprint density at radius 2 is 0.495 bits per heavy atom. The van der Waals surface area contributed by atoms with E-state index in [1.54, 1.807) is 0 Å². The second-order valence-electron chi connectivity index (χ2n) is 31.2. The minimum absolute atomic E-state index is 0.107. The number of hydrogen-bond donors (Lipinski definition) is 3. The number of aliphatic hydroxyl groups is 1. The molecular formula is C84H164O17P2. The monoisotopic (exact) mass is 1510 g/mol. The molecule has 7 atom stereocenters. The average Bonchev–Trinajstić information content (AvgIpc) is 0.922. The van der Waals surface area contributed by atoms with E-state index in [0.717, 1.165) is 114 Å². The molecule has 3 N–H and O–H groups in total. The molecule has 103 heavy (non-hydrogen) atoms. The predicted octanol–water partition coefficient (Wildman–Crippen LogP) is 25.3. The third kappa shape index (κ3) is 75.3. The molecule has 0 aliphatic rings. The van der Waals surface area contributed by atoms with Crippen molar-refractivity contribution in [3.8, 4) is 0 Å². The van der Waals surface area contributed by atoms with Gasteiger partial charge in [0.15, 0.2) is 12.2 Å². The highest BCUT2D eigenvalue weighted by Gasteiger charge is 2.30. The lowest BCUT2D eigenvalue weighted by Gasteiger charge is -2.21. The fourth-order valence-corrected chi connectivity index (χ4v) is 14.5. The molecule has 0 aliphatic carbocycles.